The first-order chi connectivity index (χ1) is 6.55. The number of rotatable bonds is 4. The van der Waals surface area contributed by atoms with Gasteiger partial charge in [0.05, 0.1) is 7.11 Å². The number of amides is 1. The Hall–Kier alpha value is -1.06. The fourth-order valence-electron chi connectivity index (χ4n) is 1.40. The Bertz CT molecular complexity index is 201. The van der Waals surface area contributed by atoms with E-state index in [1.54, 1.807) is 0 Å². The number of hydrogen-bond acceptors (Lipinski definition) is 3. The summed E-state index contributed by atoms with van der Waals surface area (Å²) in [5, 5.41) is 2.72. The summed E-state index contributed by atoms with van der Waals surface area (Å²) in [6, 6.07) is 0. The first-order valence-electron chi connectivity index (χ1n) is 4.95. The molecule has 4 heteroatoms. The van der Waals surface area contributed by atoms with E-state index in [4.69, 9.17) is 0 Å². The first kappa shape index (κ1) is 12.9. The van der Waals surface area contributed by atoms with E-state index in [-0.39, 0.29) is 5.54 Å². The minimum Gasteiger partial charge on any atom is -0.462 e. The fraction of sp³-hybridized carbons (Fsp3) is 0.800. The lowest BCUT2D eigenvalue weighted by Crippen LogP contribution is -2.49. The molecule has 0 radical (unpaired) electrons. The molecule has 4 nitrogen and oxygen atoms in total. The van der Waals surface area contributed by atoms with Crippen LogP contribution in [0.15, 0.2) is 0 Å². The van der Waals surface area contributed by atoms with Gasteiger partial charge in [-0.1, -0.05) is 20.8 Å². The summed E-state index contributed by atoms with van der Waals surface area (Å²) in [5.74, 6) is -1.48. The summed E-state index contributed by atoms with van der Waals surface area (Å²) < 4.78 is 4.34. The minimum atomic E-state index is -0.829. The van der Waals surface area contributed by atoms with Gasteiger partial charge in [0.25, 0.3) is 0 Å². The van der Waals surface area contributed by atoms with Crippen LogP contribution in [0, 0.1) is 0 Å². The highest BCUT2D eigenvalue weighted by molar-refractivity contribution is 6.32. The summed E-state index contributed by atoms with van der Waals surface area (Å²) in [5.41, 5.74) is -0.273. The van der Waals surface area contributed by atoms with E-state index in [9.17, 15) is 9.59 Å². The summed E-state index contributed by atoms with van der Waals surface area (Å²) >= 11 is 0. The number of ether oxygens (including phenoxy) is 1. The van der Waals surface area contributed by atoms with E-state index < -0.39 is 11.9 Å². The van der Waals surface area contributed by atoms with Gasteiger partial charge in [0, 0.05) is 5.54 Å². The van der Waals surface area contributed by atoms with Crippen LogP contribution in [0.3, 0.4) is 0 Å². The van der Waals surface area contributed by atoms with E-state index in [0.29, 0.717) is 0 Å². The Morgan fingerprint density at radius 2 is 1.57 bits per heavy atom. The molecule has 0 aliphatic carbocycles. The summed E-state index contributed by atoms with van der Waals surface area (Å²) in [6.45, 7) is 5.97. The Morgan fingerprint density at radius 1 is 1.14 bits per heavy atom. The van der Waals surface area contributed by atoms with Crippen LogP contribution in [0.25, 0.3) is 0 Å². The third-order valence-electron chi connectivity index (χ3n) is 2.78. The van der Waals surface area contributed by atoms with Crippen LogP contribution < -0.4 is 5.32 Å². The molecule has 14 heavy (non-hydrogen) atoms. The van der Waals surface area contributed by atoms with E-state index >= 15 is 0 Å². The highest BCUT2D eigenvalue weighted by Crippen LogP contribution is 2.18. The van der Waals surface area contributed by atoms with Crippen molar-refractivity contribution in [2.75, 3.05) is 7.11 Å². The van der Waals surface area contributed by atoms with Crippen LogP contribution >= 0.6 is 0 Å². The molecule has 0 saturated carbocycles. The average Bonchev–Trinajstić information content (AvgIpc) is 2.24. The summed E-state index contributed by atoms with van der Waals surface area (Å²) in [6.07, 6.45) is 2.42. The van der Waals surface area contributed by atoms with E-state index in [1.807, 2.05) is 20.8 Å². The van der Waals surface area contributed by atoms with Gasteiger partial charge in [-0.15, -0.1) is 0 Å². The minimum absolute atomic E-state index is 0.273. The average molecular weight is 201 g/mol. The van der Waals surface area contributed by atoms with Gasteiger partial charge in [-0.3, -0.25) is 4.79 Å². The van der Waals surface area contributed by atoms with Gasteiger partial charge < -0.3 is 10.1 Å². The lowest BCUT2D eigenvalue weighted by Gasteiger charge is -2.31. The lowest BCUT2D eigenvalue weighted by atomic mass is 9.90. The molecule has 0 heterocycles. The zero-order chi connectivity index (χ0) is 11.2. The molecule has 0 bridgehead atoms. The molecule has 0 aliphatic heterocycles. The van der Waals surface area contributed by atoms with Gasteiger partial charge in [-0.05, 0) is 19.3 Å². The monoisotopic (exact) mass is 201 g/mol. The second kappa shape index (κ2) is 5.62. The van der Waals surface area contributed by atoms with Gasteiger partial charge in [0.2, 0.25) is 0 Å². The maximum atomic E-state index is 11.3. The van der Waals surface area contributed by atoms with Gasteiger partial charge in [0.15, 0.2) is 0 Å². The highest BCUT2D eigenvalue weighted by atomic mass is 16.5. The maximum Gasteiger partial charge on any atom is 0.396 e. The van der Waals surface area contributed by atoms with Crippen molar-refractivity contribution in [3.8, 4) is 0 Å². The molecule has 0 spiro atoms. The predicted octanol–water partition coefficient (Wildman–Crippen LogP) is 1.24. The SMILES string of the molecule is CCC(CC)(CC)NC(=O)C(=O)OC. The number of carbonyl (C=O) groups excluding carboxylic acids is 2. The van der Waals surface area contributed by atoms with Gasteiger partial charge >= 0.3 is 11.9 Å². The number of methoxy groups -OCH3 is 1. The Labute approximate surface area is 85.0 Å². The van der Waals surface area contributed by atoms with Crippen LogP contribution in [0.5, 0.6) is 0 Å². The number of esters is 1. The number of hydrogen-bond donors (Lipinski definition) is 1. The molecule has 0 saturated heterocycles. The van der Waals surface area contributed by atoms with Crippen LogP contribution in [0.2, 0.25) is 0 Å². The molecule has 0 aromatic rings. The van der Waals surface area contributed by atoms with E-state index in [0.717, 1.165) is 19.3 Å². The summed E-state index contributed by atoms with van der Waals surface area (Å²) in [4.78, 5) is 22.2. The molecule has 82 valence electrons. The van der Waals surface area contributed by atoms with Crippen molar-refractivity contribution in [2.24, 2.45) is 0 Å². The molecule has 0 atom stereocenters. The predicted molar refractivity (Wildman–Crippen MR) is 53.8 cm³/mol. The molecular weight excluding hydrogens is 182 g/mol. The number of nitrogens with one attached hydrogen (secondary N) is 1. The van der Waals surface area contributed by atoms with Crippen molar-refractivity contribution in [2.45, 2.75) is 45.6 Å². The number of carbonyl (C=O) groups is 2. The van der Waals surface area contributed by atoms with Crippen LogP contribution in [0.1, 0.15) is 40.0 Å². The van der Waals surface area contributed by atoms with Crippen LogP contribution in [-0.4, -0.2) is 24.5 Å². The standard InChI is InChI=1S/C10H19NO3/c1-5-10(6-2,7-3)11-8(12)9(13)14-4/h5-7H2,1-4H3,(H,11,12). The van der Waals surface area contributed by atoms with Gasteiger partial charge in [-0.25, -0.2) is 4.79 Å². The van der Waals surface area contributed by atoms with E-state index in [2.05, 4.69) is 10.1 Å². The zero-order valence-electron chi connectivity index (χ0n) is 9.35. The van der Waals surface area contributed by atoms with Crippen LogP contribution in [0.4, 0.5) is 0 Å². The molecule has 0 aliphatic rings. The van der Waals surface area contributed by atoms with Crippen molar-refractivity contribution in [3.05, 3.63) is 0 Å². The van der Waals surface area contributed by atoms with Gasteiger partial charge in [0.1, 0.15) is 0 Å². The third kappa shape index (κ3) is 3.01. The first-order valence-corrected chi connectivity index (χ1v) is 4.95. The molecule has 0 aromatic carbocycles. The van der Waals surface area contributed by atoms with Crippen molar-refractivity contribution in [1.82, 2.24) is 5.32 Å². The van der Waals surface area contributed by atoms with Crippen molar-refractivity contribution in [1.29, 1.82) is 0 Å². The molecule has 1 amide bonds. The largest absolute Gasteiger partial charge is 0.462 e. The lowest BCUT2D eigenvalue weighted by molar-refractivity contribution is -0.153. The molecule has 0 unspecified atom stereocenters. The normalized spacial score (nSPS) is 10.9. The van der Waals surface area contributed by atoms with Crippen molar-refractivity contribution < 1.29 is 14.3 Å². The fourth-order valence-corrected chi connectivity index (χ4v) is 1.40. The van der Waals surface area contributed by atoms with Crippen LogP contribution in [-0.2, 0) is 14.3 Å². The van der Waals surface area contributed by atoms with Crippen molar-refractivity contribution >= 4 is 11.9 Å². The topological polar surface area (TPSA) is 55.4 Å². The smallest absolute Gasteiger partial charge is 0.396 e. The van der Waals surface area contributed by atoms with Crippen molar-refractivity contribution in [3.63, 3.8) is 0 Å². The highest BCUT2D eigenvalue weighted by Gasteiger charge is 2.28. The summed E-state index contributed by atoms with van der Waals surface area (Å²) in [7, 11) is 1.20. The third-order valence-corrected chi connectivity index (χ3v) is 2.78. The van der Waals surface area contributed by atoms with Gasteiger partial charge in [-0.2, -0.15) is 0 Å². The Morgan fingerprint density at radius 3 is 1.86 bits per heavy atom. The second-order valence-electron chi connectivity index (χ2n) is 3.29. The molecule has 0 fully saturated rings. The van der Waals surface area contributed by atoms with E-state index in [1.165, 1.54) is 7.11 Å². The zero-order valence-corrected chi connectivity index (χ0v) is 9.35. The maximum absolute atomic E-state index is 11.3. The molecule has 1 N–H and O–H groups in total. The second-order valence-corrected chi connectivity index (χ2v) is 3.29. The molecular formula is C10H19NO3. The molecule has 0 aromatic heterocycles. The molecule has 0 rings (SSSR count). The quantitative estimate of drug-likeness (QED) is 0.550. The Balaban J connectivity index is 4.44. The Kier molecular flexibility index (Phi) is 5.20.